The van der Waals surface area contributed by atoms with Gasteiger partial charge >= 0.3 is 0 Å². The minimum Gasteiger partial charge on any atom is -0.310 e. The Bertz CT molecular complexity index is 424. The number of piperazine rings is 1. The van der Waals surface area contributed by atoms with E-state index in [2.05, 4.69) is 53.4 Å². The van der Waals surface area contributed by atoms with E-state index >= 15 is 0 Å². The molecule has 0 radical (unpaired) electrons. The van der Waals surface area contributed by atoms with Crippen molar-refractivity contribution in [3.8, 4) is 0 Å². The maximum atomic E-state index is 3.57. The molecule has 1 aliphatic carbocycles. The summed E-state index contributed by atoms with van der Waals surface area (Å²) in [6.07, 6.45) is 2.72. The molecule has 2 aliphatic rings. The number of hydrogen-bond acceptors (Lipinski definition) is 3. The van der Waals surface area contributed by atoms with Gasteiger partial charge in [0.1, 0.15) is 0 Å². The highest BCUT2D eigenvalue weighted by Gasteiger charge is 2.21. The average molecular weight is 273 g/mol. The first-order valence-corrected chi connectivity index (χ1v) is 7.94. The molecule has 0 bridgehead atoms. The molecule has 3 rings (SSSR count). The lowest BCUT2D eigenvalue weighted by atomic mass is 10.1. The van der Waals surface area contributed by atoms with Gasteiger partial charge in [-0.3, -0.25) is 4.90 Å². The van der Waals surface area contributed by atoms with Crippen molar-refractivity contribution in [1.29, 1.82) is 0 Å². The summed E-state index contributed by atoms with van der Waals surface area (Å²) in [6, 6.07) is 10.6. The molecule has 1 saturated heterocycles. The number of benzene rings is 1. The van der Waals surface area contributed by atoms with Gasteiger partial charge in [0.25, 0.3) is 0 Å². The lowest BCUT2D eigenvalue weighted by Crippen LogP contribution is -2.49. The summed E-state index contributed by atoms with van der Waals surface area (Å²) in [5, 5.41) is 3.57. The molecular formula is C17H27N3. The standard InChI is InChI=1S/C17H27N3/c1-14-12-19(2)9-10-20(14)13-16-5-3-15(4-6-16)11-18-17-7-8-17/h3-6,14,17-18H,7-13H2,1-2H3. The van der Waals surface area contributed by atoms with E-state index in [0.717, 1.165) is 19.1 Å². The first-order valence-electron chi connectivity index (χ1n) is 7.94. The fourth-order valence-corrected chi connectivity index (χ4v) is 2.96. The highest BCUT2D eigenvalue weighted by molar-refractivity contribution is 5.22. The van der Waals surface area contributed by atoms with Crippen molar-refractivity contribution in [2.24, 2.45) is 0 Å². The van der Waals surface area contributed by atoms with E-state index in [1.54, 1.807) is 0 Å². The normalized spacial score (nSPS) is 25.0. The third-order valence-corrected chi connectivity index (χ3v) is 4.55. The van der Waals surface area contributed by atoms with Gasteiger partial charge in [-0.15, -0.1) is 0 Å². The van der Waals surface area contributed by atoms with Crippen LogP contribution in [0, 0.1) is 0 Å². The summed E-state index contributed by atoms with van der Waals surface area (Å²) in [4.78, 5) is 5.02. The third kappa shape index (κ3) is 3.81. The second kappa shape index (κ2) is 6.25. The van der Waals surface area contributed by atoms with E-state index in [4.69, 9.17) is 0 Å². The van der Waals surface area contributed by atoms with Gasteiger partial charge in [-0.25, -0.2) is 0 Å². The average Bonchev–Trinajstić information content (AvgIpc) is 3.25. The quantitative estimate of drug-likeness (QED) is 0.886. The van der Waals surface area contributed by atoms with E-state index in [1.165, 1.54) is 43.6 Å². The Hall–Kier alpha value is -0.900. The van der Waals surface area contributed by atoms with E-state index in [0.29, 0.717) is 6.04 Å². The molecule has 1 saturated carbocycles. The lowest BCUT2D eigenvalue weighted by Gasteiger charge is -2.38. The molecule has 0 amide bonds. The van der Waals surface area contributed by atoms with E-state index in [-0.39, 0.29) is 0 Å². The largest absolute Gasteiger partial charge is 0.310 e. The van der Waals surface area contributed by atoms with Gasteiger partial charge in [0.05, 0.1) is 0 Å². The number of nitrogens with one attached hydrogen (secondary N) is 1. The fraction of sp³-hybridized carbons (Fsp3) is 0.647. The summed E-state index contributed by atoms with van der Waals surface area (Å²) in [6.45, 7) is 8.00. The van der Waals surface area contributed by atoms with E-state index in [9.17, 15) is 0 Å². The van der Waals surface area contributed by atoms with Gasteiger partial charge < -0.3 is 10.2 Å². The van der Waals surface area contributed by atoms with Crippen LogP contribution in [-0.2, 0) is 13.1 Å². The van der Waals surface area contributed by atoms with Crippen LogP contribution in [0.5, 0.6) is 0 Å². The van der Waals surface area contributed by atoms with Crippen molar-refractivity contribution in [3.05, 3.63) is 35.4 Å². The van der Waals surface area contributed by atoms with E-state index < -0.39 is 0 Å². The highest BCUT2D eigenvalue weighted by atomic mass is 15.3. The molecule has 1 aromatic carbocycles. The monoisotopic (exact) mass is 273 g/mol. The summed E-state index contributed by atoms with van der Waals surface area (Å²) >= 11 is 0. The van der Waals surface area contributed by atoms with Crippen molar-refractivity contribution in [2.45, 2.75) is 44.9 Å². The Balaban J connectivity index is 1.51. The number of rotatable bonds is 5. The topological polar surface area (TPSA) is 18.5 Å². The first-order chi connectivity index (χ1) is 9.70. The molecule has 1 heterocycles. The molecule has 1 atom stereocenters. The van der Waals surface area contributed by atoms with Crippen LogP contribution in [0.1, 0.15) is 30.9 Å². The van der Waals surface area contributed by atoms with Crippen molar-refractivity contribution >= 4 is 0 Å². The van der Waals surface area contributed by atoms with Gasteiger partial charge in [0, 0.05) is 44.8 Å². The molecule has 1 N–H and O–H groups in total. The summed E-state index contributed by atoms with van der Waals surface area (Å²) in [7, 11) is 2.22. The highest BCUT2D eigenvalue weighted by Crippen LogP contribution is 2.19. The van der Waals surface area contributed by atoms with Crippen molar-refractivity contribution in [3.63, 3.8) is 0 Å². The molecular weight excluding hydrogens is 246 g/mol. The summed E-state index contributed by atoms with van der Waals surface area (Å²) in [5.74, 6) is 0. The van der Waals surface area contributed by atoms with Crippen LogP contribution in [0.4, 0.5) is 0 Å². The maximum absolute atomic E-state index is 3.57. The molecule has 1 unspecified atom stereocenters. The molecule has 1 aliphatic heterocycles. The number of hydrogen-bond donors (Lipinski definition) is 1. The summed E-state index contributed by atoms with van der Waals surface area (Å²) < 4.78 is 0. The molecule has 2 fully saturated rings. The second-order valence-corrected chi connectivity index (χ2v) is 6.55. The predicted octanol–water partition coefficient (Wildman–Crippen LogP) is 2.07. The Morgan fingerprint density at radius 1 is 1.10 bits per heavy atom. The predicted molar refractivity (Wildman–Crippen MR) is 83.7 cm³/mol. The van der Waals surface area contributed by atoms with Crippen LogP contribution >= 0.6 is 0 Å². The Morgan fingerprint density at radius 3 is 2.45 bits per heavy atom. The molecule has 20 heavy (non-hydrogen) atoms. The number of nitrogens with zero attached hydrogens (tertiary/aromatic N) is 2. The van der Waals surface area contributed by atoms with Gasteiger partial charge in [0.2, 0.25) is 0 Å². The molecule has 0 spiro atoms. The van der Waals surface area contributed by atoms with Gasteiger partial charge in [-0.2, -0.15) is 0 Å². The Kier molecular flexibility index (Phi) is 4.39. The van der Waals surface area contributed by atoms with Crippen molar-refractivity contribution in [1.82, 2.24) is 15.1 Å². The van der Waals surface area contributed by atoms with Gasteiger partial charge in [-0.1, -0.05) is 24.3 Å². The second-order valence-electron chi connectivity index (χ2n) is 6.55. The van der Waals surface area contributed by atoms with Crippen LogP contribution in [-0.4, -0.2) is 48.6 Å². The molecule has 3 nitrogen and oxygen atoms in total. The van der Waals surface area contributed by atoms with Crippen LogP contribution in [0.3, 0.4) is 0 Å². The maximum Gasteiger partial charge on any atom is 0.0237 e. The Labute approximate surface area is 123 Å². The van der Waals surface area contributed by atoms with Gasteiger partial charge in [0.15, 0.2) is 0 Å². The first kappa shape index (κ1) is 14.1. The van der Waals surface area contributed by atoms with Crippen LogP contribution in [0.2, 0.25) is 0 Å². The third-order valence-electron chi connectivity index (χ3n) is 4.55. The molecule has 1 aromatic rings. The van der Waals surface area contributed by atoms with Gasteiger partial charge in [-0.05, 0) is 37.9 Å². The van der Waals surface area contributed by atoms with Crippen LogP contribution in [0.25, 0.3) is 0 Å². The minimum atomic E-state index is 0.657. The lowest BCUT2D eigenvalue weighted by molar-refractivity contribution is 0.0938. The SMILES string of the molecule is CC1CN(C)CCN1Cc1ccc(CNC2CC2)cc1. The Morgan fingerprint density at radius 2 is 1.80 bits per heavy atom. The smallest absolute Gasteiger partial charge is 0.0237 e. The zero-order chi connectivity index (χ0) is 13.9. The molecule has 110 valence electrons. The summed E-state index contributed by atoms with van der Waals surface area (Å²) in [5.41, 5.74) is 2.85. The zero-order valence-electron chi connectivity index (χ0n) is 12.8. The number of likely N-dealkylation sites (N-methyl/N-ethyl adjacent to an activating group) is 1. The van der Waals surface area contributed by atoms with Crippen LogP contribution < -0.4 is 5.32 Å². The molecule has 3 heteroatoms. The minimum absolute atomic E-state index is 0.657. The van der Waals surface area contributed by atoms with Crippen LogP contribution in [0.15, 0.2) is 24.3 Å². The molecule has 0 aromatic heterocycles. The fourth-order valence-electron chi connectivity index (χ4n) is 2.96. The van der Waals surface area contributed by atoms with Crippen molar-refractivity contribution < 1.29 is 0 Å². The zero-order valence-corrected chi connectivity index (χ0v) is 12.8. The van der Waals surface area contributed by atoms with Crippen molar-refractivity contribution in [2.75, 3.05) is 26.7 Å². The van der Waals surface area contributed by atoms with E-state index in [1.807, 2.05) is 0 Å².